The van der Waals surface area contributed by atoms with Crippen LogP contribution in [0.15, 0.2) is 41.3 Å². The molecular formula is C29H42N8O3. The second-order valence-corrected chi connectivity index (χ2v) is 12.2. The minimum atomic E-state index is -0.945. The summed E-state index contributed by atoms with van der Waals surface area (Å²) in [5.41, 5.74) is 12.9. The first-order valence-electron chi connectivity index (χ1n) is 14.4. The fourth-order valence-electron chi connectivity index (χ4n) is 5.81. The Morgan fingerprint density at radius 2 is 1.68 bits per heavy atom. The van der Waals surface area contributed by atoms with Crippen LogP contribution < -0.4 is 22.5 Å². The number of anilines is 1. The normalized spacial score (nSPS) is 21.6. The number of rotatable bonds is 6. The summed E-state index contributed by atoms with van der Waals surface area (Å²) in [6.07, 6.45) is 7.33. The van der Waals surface area contributed by atoms with Crippen molar-refractivity contribution in [3.8, 4) is 5.69 Å². The first-order chi connectivity index (χ1) is 19.0. The van der Waals surface area contributed by atoms with E-state index in [1.54, 1.807) is 35.9 Å². The second-order valence-electron chi connectivity index (χ2n) is 12.2. The highest BCUT2D eigenvalue weighted by Gasteiger charge is 2.45. The van der Waals surface area contributed by atoms with Crippen LogP contribution in [-0.2, 0) is 10.2 Å². The molecule has 3 fully saturated rings. The Hall–Kier alpha value is -3.28. The molecule has 3 aliphatic rings. The van der Waals surface area contributed by atoms with Gasteiger partial charge in [0.25, 0.3) is 0 Å². The summed E-state index contributed by atoms with van der Waals surface area (Å²) in [6.45, 7) is 8.16. The van der Waals surface area contributed by atoms with Gasteiger partial charge in [0.1, 0.15) is 5.82 Å². The van der Waals surface area contributed by atoms with E-state index in [9.17, 15) is 14.4 Å². The standard InChI is InChI=1S/C29H42N8O3/c1-28(2,31)25(38)35-16-18-36(19-17-35)26(39)32-24-10-15-37(27(40)33-24)23-7-5-21(6-8-23)29(11-12-29)20-34-13-3-4-22(30)9-14-34/h5-8,10,15,22H,3-4,9,11-14,16-20,30-31H2,1-2H3,(H,32,33,39,40). The van der Waals surface area contributed by atoms with Gasteiger partial charge < -0.3 is 26.2 Å². The molecule has 216 valence electrons. The molecule has 2 aromatic rings. The number of benzene rings is 1. The molecule has 1 unspecified atom stereocenters. The molecule has 1 atom stereocenters. The zero-order chi connectivity index (χ0) is 28.5. The van der Waals surface area contributed by atoms with Crippen LogP contribution in [0.25, 0.3) is 5.69 Å². The third-order valence-electron chi connectivity index (χ3n) is 8.45. The number of piperazine rings is 1. The molecular weight excluding hydrogens is 508 g/mol. The van der Waals surface area contributed by atoms with E-state index in [0.717, 1.165) is 44.6 Å². The summed E-state index contributed by atoms with van der Waals surface area (Å²) in [7, 11) is 0. The Bertz CT molecular complexity index is 1270. The van der Waals surface area contributed by atoms with E-state index in [4.69, 9.17) is 11.5 Å². The minimum absolute atomic E-state index is 0.138. The number of urea groups is 1. The van der Waals surface area contributed by atoms with Crippen molar-refractivity contribution in [2.75, 3.05) is 51.1 Å². The van der Waals surface area contributed by atoms with Gasteiger partial charge in [0, 0.05) is 50.4 Å². The number of likely N-dealkylation sites (tertiary alicyclic amines) is 1. The third-order valence-corrected chi connectivity index (χ3v) is 8.45. The highest BCUT2D eigenvalue weighted by atomic mass is 16.2. The van der Waals surface area contributed by atoms with Crippen molar-refractivity contribution in [1.29, 1.82) is 0 Å². The maximum Gasteiger partial charge on any atom is 0.354 e. The molecule has 0 bridgehead atoms. The number of aromatic nitrogens is 2. The SMILES string of the molecule is CC(C)(N)C(=O)N1CCN(C(=O)Nc2ccn(-c3ccc(C4(CN5CCCC(N)CC5)CC4)cc3)c(=O)n2)CC1. The third kappa shape index (κ3) is 6.37. The summed E-state index contributed by atoms with van der Waals surface area (Å²) in [4.78, 5) is 47.9. The molecule has 1 aromatic carbocycles. The van der Waals surface area contributed by atoms with Gasteiger partial charge in [0.15, 0.2) is 0 Å². The Labute approximate surface area is 235 Å². The van der Waals surface area contributed by atoms with E-state index < -0.39 is 11.2 Å². The predicted molar refractivity (Wildman–Crippen MR) is 154 cm³/mol. The van der Waals surface area contributed by atoms with E-state index in [1.165, 1.54) is 23.0 Å². The van der Waals surface area contributed by atoms with Crippen molar-refractivity contribution in [1.82, 2.24) is 24.3 Å². The maximum atomic E-state index is 12.8. The van der Waals surface area contributed by atoms with Gasteiger partial charge in [-0.15, -0.1) is 0 Å². The van der Waals surface area contributed by atoms with E-state index >= 15 is 0 Å². The molecule has 0 spiro atoms. The number of carbonyl (C=O) groups excluding carboxylic acids is 2. The Morgan fingerprint density at radius 1 is 1.00 bits per heavy atom. The largest absolute Gasteiger partial charge is 0.354 e. The van der Waals surface area contributed by atoms with Crippen molar-refractivity contribution in [3.63, 3.8) is 0 Å². The molecule has 11 nitrogen and oxygen atoms in total. The Balaban J connectivity index is 1.18. The zero-order valence-corrected chi connectivity index (χ0v) is 23.6. The van der Waals surface area contributed by atoms with Crippen molar-refractivity contribution in [2.45, 2.75) is 62.9 Å². The number of nitrogens with two attached hydrogens (primary N) is 2. The minimum Gasteiger partial charge on any atom is -0.338 e. The van der Waals surface area contributed by atoms with E-state index in [2.05, 4.69) is 27.3 Å². The molecule has 11 heteroatoms. The molecule has 3 amide bonds. The van der Waals surface area contributed by atoms with Crippen LogP contribution in [0.2, 0.25) is 0 Å². The summed E-state index contributed by atoms with van der Waals surface area (Å²) in [6, 6.07) is 9.79. The molecule has 40 heavy (non-hydrogen) atoms. The fourth-order valence-corrected chi connectivity index (χ4v) is 5.81. The molecule has 2 aliphatic heterocycles. The van der Waals surface area contributed by atoms with Crippen molar-refractivity contribution < 1.29 is 9.59 Å². The lowest BCUT2D eigenvalue weighted by Crippen LogP contribution is -2.58. The summed E-state index contributed by atoms with van der Waals surface area (Å²) < 4.78 is 1.48. The van der Waals surface area contributed by atoms with Gasteiger partial charge in [0.2, 0.25) is 5.91 Å². The molecule has 1 aromatic heterocycles. The maximum absolute atomic E-state index is 12.8. The van der Waals surface area contributed by atoms with Crippen LogP contribution in [0, 0.1) is 0 Å². The number of hydrogen-bond acceptors (Lipinski definition) is 7. The second kappa shape index (κ2) is 11.3. The van der Waals surface area contributed by atoms with Crippen LogP contribution in [-0.4, -0.2) is 93.6 Å². The van der Waals surface area contributed by atoms with Crippen LogP contribution in [0.3, 0.4) is 0 Å². The van der Waals surface area contributed by atoms with Gasteiger partial charge in [-0.2, -0.15) is 4.98 Å². The summed E-state index contributed by atoms with van der Waals surface area (Å²) >= 11 is 0. The fraction of sp³-hybridized carbons (Fsp3) is 0.586. The molecule has 3 heterocycles. The lowest BCUT2D eigenvalue weighted by atomic mass is 9.95. The number of nitrogens with zero attached hydrogens (tertiary/aromatic N) is 5. The first-order valence-corrected chi connectivity index (χ1v) is 14.4. The highest BCUT2D eigenvalue weighted by molar-refractivity contribution is 5.89. The first kappa shape index (κ1) is 28.3. The lowest BCUT2D eigenvalue weighted by molar-refractivity contribution is -0.137. The van der Waals surface area contributed by atoms with E-state index in [1.807, 2.05) is 12.1 Å². The van der Waals surface area contributed by atoms with Gasteiger partial charge in [-0.25, -0.2) is 9.59 Å². The molecule has 2 saturated heterocycles. The van der Waals surface area contributed by atoms with E-state index in [-0.39, 0.29) is 23.2 Å². The topological polar surface area (TPSA) is 143 Å². The van der Waals surface area contributed by atoms with Crippen LogP contribution in [0.1, 0.15) is 51.5 Å². The van der Waals surface area contributed by atoms with Crippen molar-refractivity contribution in [2.24, 2.45) is 11.5 Å². The average Bonchev–Trinajstić information content (AvgIpc) is 3.74. The number of hydrogen-bond donors (Lipinski definition) is 3. The number of amides is 3. The Morgan fingerprint density at radius 3 is 2.30 bits per heavy atom. The van der Waals surface area contributed by atoms with Crippen molar-refractivity contribution in [3.05, 3.63) is 52.6 Å². The van der Waals surface area contributed by atoms with Crippen LogP contribution in [0.4, 0.5) is 10.6 Å². The number of carbonyl (C=O) groups is 2. The number of nitrogens with one attached hydrogen (secondary N) is 1. The smallest absolute Gasteiger partial charge is 0.338 e. The monoisotopic (exact) mass is 550 g/mol. The average molecular weight is 551 g/mol. The van der Waals surface area contributed by atoms with Gasteiger partial charge in [-0.05, 0) is 82.8 Å². The molecule has 0 radical (unpaired) electrons. The summed E-state index contributed by atoms with van der Waals surface area (Å²) in [5.74, 6) is 0.0550. The van der Waals surface area contributed by atoms with Crippen LogP contribution >= 0.6 is 0 Å². The molecule has 1 aliphatic carbocycles. The van der Waals surface area contributed by atoms with Gasteiger partial charge >= 0.3 is 11.7 Å². The Kier molecular flexibility index (Phi) is 7.98. The molecule has 5 rings (SSSR count). The van der Waals surface area contributed by atoms with Crippen LogP contribution in [0.5, 0.6) is 0 Å². The molecule has 1 saturated carbocycles. The quantitative estimate of drug-likeness (QED) is 0.495. The van der Waals surface area contributed by atoms with Crippen molar-refractivity contribution >= 4 is 17.8 Å². The highest BCUT2D eigenvalue weighted by Crippen LogP contribution is 2.49. The van der Waals surface area contributed by atoms with Gasteiger partial charge in [-0.3, -0.25) is 14.7 Å². The van der Waals surface area contributed by atoms with Gasteiger partial charge in [-0.1, -0.05) is 12.1 Å². The summed E-state index contributed by atoms with van der Waals surface area (Å²) in [5, 5.41) is 2.71. The predicted octanol–water partition coefficient (Wildman–Crippen LogP) is 1.49. The van der Waals surface area contributed by atoms with E-state index in [0.29, 0.717) is 32.2 Å². The molecule has 5 N–H and O–H groups in total. The van der Waals surface area contributed by atoms with Gasteiger partial charge in [0.05, 0.1) is 11.2 Å². The lowest BCUT2D eigenvalue weighted by Gasteiger charge is -2.37. The zero-order valence-electron chi connectivity index (χ0n) is 23.6.